The molecule has 112 valence electrons. The summed E-state index contributed by atoms with van der Waals surface area (Å²) in [5, 5.41) is 13.0. The lowest BCUT2D eigenvalue weighted by atomic mass is 10.1. The summed E-state index contributed by atoms with van der Waals surface area (Å²) in [6, 6.07) is 9.28. The summed E-state index contributed by atoms with van der Waals surface area (Å²) in [4.78, 5) is 22.7. The van der Waals surface area contributed by atoms with Gasteiger partial charge in [0.05, 0.1) is 11.8 Å². The van der Waals surface area contributed by atoms with E-state index in [1.54, 1.807) is 12.1 Å². The Morgan fingerprint density at radius 2 is 1.95 bits per heavy atom. The Morgan fingerprint density at radius 3 is 2.64 bits per heavy atom. The molecule has 2 aromatic heterocycles. The van der Waals surface area contributed by atoms with Crippen molar-refractivity contribution >= 4 is 28.5 Å². The summed E-state index contributed by atoms with van der Waals surface area (Å²) in [6.45, 7) is 3.82. The van der Waals surface area contributed by atoms with Crippen molar-refractivity contribution in [2.24, 2.45) is 0 Å². The van der Waals surface area contributed by atoms with Crippen LogP contribution in [0.3, 0.4) is 0 Å². The summed E-state index contributed by atoms with van der Waals surface area (Å²) >= 11 is 0. The molecule has 0 amide bonds. The number of aliphatic carboxylic acids is 1. The first-order valence-corrected chi connectivity index (χ1v) is 6.93. The van der Waals surface area contributed by atoms with Crippen molar-refractivity contribution in [3.05, 3.63) is 47.4 Å². The van der Waals surface area contributed by atoms with Gasteiger partial charge in [0.1, 0.15) is 17.3 Å². The second-order valence-corrected chi connectivity index (χ2v) is 5.23. The largest absolute Gasteiger partial charge is 0.481 e. The van der Waals surface area contributed by atoms with Gasteiger partial charge in [-0.05, 0) is 37.6 Å². The Hall–Kier alpha value is -2.89. The van der Waals surface area contributed by atoms with E-state index >= 15 is 0 Å². The number of hydrogen-bond acceptors (Lipinski definition) is 4. The van der Waals surface area contributed by atoms with Crippen LogP contribution in [0.15, 0.2) is 30.3 Å². The molecule has 3 aromatic rings. The highest BCUT2D eigenvalue weighted by atomic mass is 16.4. The second-order valence-electron chi connectivity index (χ2n) is 5.23. The third kappa shape index (κ3) is 2.90. The third-order valence-corrected chi connectivity index (χ3v) is 3.31. The van der Waals surface area contributed by atoms with Crippen LogP contribution >= 0.6 is 0 Å². The number of aromatic nitrogens is 3. The number of aryl methyl sites for hydroxylation is 2. The number of anilines is 2. The number of carboxylic acids is 1. The predicted octanol–water partition coefficient (Wildman–Crippen LogP) is 2.95. The molecule has 0 aliphatic carbocycles. The number of fused-ring (bicyclic) bond motifs is 1. The summed E-state index contributed by atoms with van der Waals surface area (Å²) in [5.74, 6) is 0.578. The van der Waals surface area contributed by atoms with E-state index in [-0.39, 0.29) is 6.42 Å². The summed E-state index contributed by atoms with van der Waals surface area (Å²) in [7, 11) is 0. The van der Waals surface area contributed by atoms with Crippen molar-refractivity contribution in [1.82, 2.24) is 15.0 Å². The predicted molar refractivity (Wildman–Crippen MR) is 84.4 cm³/mol. The molecule has 0 radical (unpaired) electrons. The fourth-order valence-corrected chi connectivity index (χ4v) is 2.37. The third-order valence-electron chi connectivity index (χ3n) is 3.31. The molecule has 0 aliphatic rings. The second kappa shape index (κ2) is 5.48. The van der Waals surface area contributed by atoms with Crippen molar-refractivity contribution < 1.29 is 9.90 Å². The van der Waals surface area contributed by atoms with E-state index in [4.69, 9.17) is 5.11 Å². The van der Waals surface area contributed by atoms with Crippen LogP contribution in [0.2, 0.25) is 0 Å². The minimum atomic E-state index is -0.836. The number of nitrogens with zero attached hydrogens (tertiary/aromatic N) is 2. The van der Waals surface area contributed by atoms with E-state index in [9.17, 15) is 4.79 Å². The van der Waals surface area contributed by atoms with Crippen LogP contribution < -0.4 is 5.32 Å². The van der Waals surface area contributed by atoms with E-state index in [1.165, 1.54) is 0 Å². The molecule has 3 N–H and O–H groups in total. The molecule has 6 heteroatoms. The molecule has 0 saturated carbocycles. The summed E-state index contributed by atoms with van der Waals surface area (Å²) in [6.07, 6.45) is 0.0220. The number of carbonyl (C=O) groups is 1. The standard InChI is InChI=1S/C16H16N4O2/c1-9-7-13-15(17-9)18-10(2)19-16(13)20-12-5-3-11(4-6-12)8-14(21)22/h3-7H,8H2,1-2H3,(H,21,22)(H2,17,18,19,20). The fraction of sp³-hybridized carbons (Fsp3) is 0.188. The van der Waals surface area contributed by atoms with Gasteiger partial charge >= 0.3 is 5.97 Å². The van der Waals surface area contributed by atoms with Gasteiger partial charge in [0.2, 0.25) is 0 Å². The molecule has 0 fully saturated rings. The van der Waals surface area contributed by atoms with Gasteiger partial charge < -0.3 is 15.4 Å². The molecule has 0 saturated heterocycles. The average molecular weight is 296 g/mol. The summed E-state index contributed by atoms with van der Waals surface area (Å²) < 4.78 is 0. The van der Waals surface area contributed by atoms with Crippen LogP contribution in [-0.4, -0.2) is 26.0 Å². The maximum Gasteiger partial charge on any atom is 0.307 e. The number of nitrogens with one attached hydrogen (secondary N) is 2. The Morgan fingerprint density at radius 1 is 1.23 bits per heavy atom. The lowest BCUT2D eigenvalue weighted by molar-refractivity contribution is -0.136. The van der Waals surface area contributed by atoms with E-state index in [0.717, 1.165) is 33.8 Å². The molecular formula is C16H16N4O2. The average Bonchev–Trinajstić information content (AvgIpc) is 2.81. The molecule has 1 aromatic carbocycles. The number of H-pyrrole nitrogens is 1. The van der Waals surface area contributed by atoms with Crippen molar-refractivity contribution in [2.75, 3.05) is 5.32 Å². The minimum absolute atomic E-state index is 0.0220. The van der Waals surface area contributed by atoms with E-state index in [2.05, 4.69) is 20.3 Å². The van der Waals surface area contributed by atoms with Crippen LogP contribution in [0.4, 0.5) is 11.5 Å². The zero-order chi connectivity index (χ0) is 15.7. The van der Waals surface area contributed by atoms with E-state index < -0.39 is 5.97 Å². The Bertz CT molecular complexity index is 837. The van der Waals surface area contributed by atoms with Gasteiger partial charge in [0.15, 0.2) is 0 Å². The van der Waals surface area contributed by atoms with Crippen LogP contribution in [-0.2, 0) is 11.2 Å². The first-order valence-electron chi connectivity index (χ1n) is 6.93. The van der Waals surface area contributed by atoms with E-state index in [0.29, 0.717) is 5.82 Å². The van der Waals surface area contributed by atoms with Crippen LogP contribution in [0.1, 0.15) is 17.1 Å². The van der Waals surface area contributed by atoms with Gasteiger partial charge in [-0.25, -0.2) is 9.97 Å². The highest BCUT2D eigenvalue weighted by Gasteiger charge is 2.09. The Balaban J connectivity index is 1.91. The van der Waals surface area contributed by atoms with Gasteiger partial charge in [-0.1, -0.05) is 12.1 Å². The SMILES string of the molecule is Cc1nc(Nc2ccc(CC(=O)O)cc2)c2cc(C)[nH]c2n1. The number of aromatic amines is 1. The zero-order valence-electron chi connectivity index (χ0n) is 12.3. The molecular weight excluding hydrogens is 280 g/mol. The molecule has 0 unspecified atom stereocenters. The fourth-order valence-electron chi connectivity index (χ4n) is 2.37. The van der Waals surface area contributed by atoms with Gasteiger partial charge in [0, 0.05) is 11.4 Å². The first kappa shape index (κ1) is 14.1. The number of benzene rings is 1. The number of carboxylic acid groups (broad SMARTS) is 1. The molecule has 0 bridgehead atoms. The highest BCUT2D eigenvalue weighted by molar-refractivity contribution is 5.89. The van der Waals surface area contributed by atoms with Gasteiger partial charge in [-0.15, -0.1) is 0 Å². The maximum absolute atomic E-state index is 10.7. The Labute approximate surface area is 127 Å². The monoisotopic (exact) mass is 296 g/mol. The van der Waals surface area contributed by atoms with Crippen LogP contribution in [0.25, 0.3) is 11.0 Å². The van der Waals surface area contributed by atoms with E-state index in [1.807, 2.05) is 32.0 Å². The molecule has 6 nitrogen and oxygen atoms in total. The molecule has 3 rings (SSSR count). The number of hydrogen-bond donors (Lipinski definition) is 3. The molecule has 22 heavy (non-hydrogen) atoms. The quantitative estimate of drug-likeness (QED) is 0.688. The summed E-state index contributed by atoms with van der Waals surface area (Å²) in [5.41, 5.74) is 3.44. The molecule has 0 spiro atoms. The first-order chi connectivity index (χ1) is 10.5. The van der Waals surface area contributed by atoms with Gasteiger partial charge in [-0.2, -0.15) is 0 Å². The molecule has 0 aliphatic heterocycles. The van der Waals surface area contributed by atoms with Crippen LogP contribution in [0, 0.1) is 13.8 Å². The van der Waals surface area contributed by atoms with Gasteiger partial charge in [-0.3, -0.25) is 4.79 Å². The Kier molecular flexibility index (Phi) is 3.50. The number of rotatable bonds is 4. The van der Waals surface area contributed by atoms with Crippen molar-refractivity contribution in [2.45, 2.75) is 20.3 Å². The lowest BCUT2D eigenvalue weighted by Crippen LogP contribution is -2.01. The lowest BCUT2D eigenvalue weighted by Gasteiger charge is -2.08. The smallest absolute Gasteiger partial charge is 0.307 e. The van der Waals surface area contributed by atoms with Crippen molar-refractivity contribution in [1.29, 1.82) is 0 Å². The highest BCUT2D eigenvalue weighted by Crippen LogP contribution is 2.24. The van der Waals surface area contributed by atoms with Crippen molar-refractivity contribution in [3.63, 3.8) is 0 Å². The van der Waals surface area contributed by atoms with Crippen molar-refractivity contribution in [3.8, 4) is 0 Å². The van der Waals surface area contributed by atoms with Gasteiger partial charge in [0.25, 0.3) is 0 Å². The van der Waals surface area contributed by atoms with Crippen LogP contribution in [0.5, 0.6) is 0 Å². The zero-order valence-corrected chi connectivity index (χ0v) is 12.3. The topological polar surface area (TPSA) is 90.9 Å². The molecule has 2 heterocycles. The normalized spacial score (nSPS) is 10.8. The molecule has 0 atom stereocenters. The maximum atomic E-state index is 10.7. The minimum Gasteiger partial charge on any atom is -0.481 e.